The maximum Gasteiger partial charge on any atom is 0.349 e. The van der Waals surface area contributed by atoms with E-state index in [0.29, 0.717) is 29.4 Å². The summed E-state index contributed by atoms with van der Waals surface area (Å²) in [7, 11) is 0. The molecule has 8 nitrogen and oxygen atoms in total. The Hall–Kier alpha value is -3.68. The quantitative estimate of drug-likeness (QED) is 0.657. The lowest BCUT2D eigenvalue weighted by atomic mass is 9.79. The number of ether oxygens (including phenoxy) is 1. The average Bonchev–Trinajstić information content (AvgIpc) is 3.34. The normalized spacial score (nSPS) is 16.5. The highest BCUT2D eigenvalue weighted by molar-refractivity contribution is 5.97. The predicted octanol–water partition coefficient (Wildman–Crippen LogP) is 2.85. The molecule has 1 heterocycles. The lowest BCUT2D eigenvalue weighted by molar-refractivity contribution is -0.122. The van der Waals surface area contributed by atoms with Gasteiger partial charge in [0, 0.05) is 6.42 Å². The van der Waals surface area contributed by atoms with Crippen LogP contribution in [0.4, 0.5) is 5.82 Å². The van der Waals surface area contributed by atoms with Gasteiger partial charge in [-0.2, -0.15) is 4.68 Å². The molecule has 1 spiro atoms. The maximum absolute atomic E-state index is 12.8. The number of ketones is 1. The summed E-state index contributed by atoms with van der Waals surface area (Å²) in [6.07, 6.45) is 4.50. The van der Waals surface area contributed by atoms with E-state index in [0.717, 1.165) is 52.6 Å². The van der Waals surface area contributed by atoms with Crippen LogP contribution in [0.25, 0.3) is 5.69 Å². The van der Waals surface area contributed by atoms with Crippen molar-refractivity contribution in [2.45, 2.75) is 51.4 Å². The summed E-state index contributed by atoms with van der Waals surface area (Å²) in [5.41, 5.74) is 8.15. The number of H-pyrrole nitrogens is 1. The molecule has 0 atom stereocenters. The Balaban J connectivity index is 1.51. The van der Waals surface area contributed by atoms with Gasteiger partial charge in [-0.25, -0.2) is 4.79 Å². The Morgan fingerprint density at radius 3 is 2.44 bits per heavy atom. The number of nitrogens with two attached hydrogens (primary N) is 1. The number of nitrogens with one attached hydrogen (secondary N) is 1. The van der Waals surface area contributed by atoms with Crippen molar-refractivity contribution in [1.82, 2.24) is 14.8 Å². The van der Waals surface area contributed by atoms with Gasteiger partial charge in [-0.3, -0.25) is 14.6 Å². The molecule has 0 amide bonds. The highest BCUT2D eigenvalue weighted by atomic mass is 16.5. The van der Waals surface area contributed by atoms with E-state index in [4.69, 9.17) is 10.5 Å². The molecule has 3 aromatic rings. The van der Waals surface area contributed by atoms with Crippen molar-refractivity contribution in [2.24, 2.45) is 0 Å². The molecule has 1 saturated carbocycles. The summed E-state index contributed by atoms with van der Waals surface area (Å²) in [4.78, 5) is 38.6. The molecule has 2 aliphatic carbocycles. The standard InChI is InChI=1S/C24H24N4O4/c1-13-9-16(28-23(31)26-22(30)21(25)27-28)10-14(2)20(13)32-17-6-5-15-11-19(29)24(18(15)12-17)7-3-4-8-24/h5-6,9-10,12H,3-4,7-8,11H2,1-2H3,(H2,25,27)(H,26,30,31). The number of carbonyl (C=O) groups is 1. The van der Waals surface area contributed by atoms with Gasteiger partial charge in [-0.15, -0.1) is 5.10 Å². The number of aromatic nitrogens is 3. The first-order chi connectivity index (χ1) is 15.3. The molecule has 1 aromatic heterocycles. The molecule has 0 radical (unpaired) electrons. The molecule has 3 N–H and O–H groups in total. The van der Waals surface area contributed by atoms with Gasteiger partial charge in [-0.1, -0.05) is 18.9 Å². The summed E-state index contributed by atoms with van der Waals surface area (Å²) in [6.45, 7) is 3.75. The zero-order chi connectivity index (χ0) is 22.6. The van der Waals surface area contributed by atoms with E-state index in [1.165, 1.54) is 0 Å². The number of aryl methyl sites for hydroxylation is 2. The van der Waals surface area contributed by atoms with Crippen molar-refractivity contribution in [3.63, 3.8) is 0 Å². The van der Waals surface area contributed by atoms with E-state index < -0.39 is 11.2 Å². The van der Waals surface area contributed by atoms with Gasteiger partial charge in [0.1, 0.15) is 17.3 Å². The van der Waals surface area contributed by atoms with Crippen LogP contribution >= 0.6 is 0 Å². The minimum Gasteiger partial charge on any atom is -0.457 e. The smallest absolute Gasteiger partial charge is 0.349 e. The van der Waals surface area contributed by atoms with Crippen LogP contribution in [-0.2, 0) is 16.6 Å². The minimum atomic E-state index is -0.713. The number of benzene rings is 2. The number of hydrogen-bond donors (Lipinski definition) is 2. The Bertz CT molecular complexity index is 1360. The van der Waals surface area contributed by atoms with Gasteiger partial charge in [-0.05, 0) is 73.2 Å². The van der Waals surface area contributed by atoms with E-state index in [1.807, 2.05) is 32.0 Å². The van der Waals surface area contributed by atoms with E-state index in [-0.39, 0.29) is 11.2 Å². The molecule has 164 valence electrons. The van der Waals surface area contributed by atoms with Crippen molar-refractivity contribution < 1.29 is 9.53 Å². The molecule has 0 bridgehead atoms. The van der Waals surface area contributed by atoms with E-state index in [1.54, 1.807) is 12.1 Å². The number of aromatic amines is 1. The summed E-state index contributed by atoms with van der Waals surface area (Å²) in [5.74, 6) is 1.40. The molecule has 5 rings (SSSR count). The van der Waals surface area contributed by atoms with Crippen LogP contribution in [0.3, 0.4) is 0 Å². The first-order valence-electron chi connectivity index (χ1n) is 10.7. The molecule has 0 saturated heterocycles. The number of Topliss-reactive ketones (excluding diaryl/α,β-unsaturated/α-hetero) is 1. The lowest BCUT2D eigenvalue weighted by Gasteiger charge is -2.23. The largest absolute Gasteiger partial charge is 0.457 e. The third kappa shape index (κ3) is 3.05. The highest BCUT2D eigenvalue weighted by Crippen LogP contribution is 2.49. The van der Waals surface area contributed by atoms with Gasteiger partial charge < -0.3 is 10.5 Å². The van der Waals surface area contributed by atoms with Crippen LogP contribution in [0.15, 0.2) is 39.9 Å². The molecule has 0 unspecified atom stereocenters. The number of fused-ring (bicyclic) bond motifs is 2. The zero-order valence-electron chi connectivity index (χ0n) is 18.0. The number of anilines is 1. The van der Waals surface area contributed by atoms with Crippen LogP contribution < -0.4 is 21.7 Å². The molecule has 32 heavy (non-hydrogen) atoms. The van der Waals surface area contributed by atoms with Crippen LogP contribution in [0.1, 0.15) is 47.9 Å². The van der Waals surface area contributed by atoms with E-state index in [2.05, 4.69) is 10.1 Å². The third-order valence-corrected chi connectivity index (χ3v) is 6.70. The fraction of sp³-hybridized carbons (Fsp3) is 0.333. The van der Waals surface area contributed by atoms with Crippen LogP contribution in [0, 0.1) is 13.8 Å². The van der Waals surface area contributed by atoms with Crippen molar-refractivity contribution in [1.29, 1.82) is 0 Å². The van der Waals surface area contributed by atoms with Gasteiger partial charge in [0.15, 0.2) is 0 Å². The lowest BCUT2D eigenvalue weighted by Crippen LogP contribution is -2.33. The Morgan fingerprint density at radius 2 is 1.75 bits per heavy atom. The number of rotatable bonds is 3. The van der Waals surface area contributed by atoms with Crippen molar-refractivity contribution in [3.8, 4) is 17.2 Å². The summed E-state index contributed by atoms with van der Waals surface area (Å²) in [6, 6.07) is 9.43. The molecule has 2 aromatic carbocycles. The van der Waals surface area contributed by atoms with Gasteiger partial charge in [0.2, 0.25) is 5.82 Å². The Labute approximate surface area is 184 Å². The maximum atomic E-state index is 12.8. The molecule has 8 heteroatoms. The molecule has 0 aliphatic heterocycles. The van der Waals surface area contributed by atoms with Gasteiger partial charge in [0.25, 0.3) is 5.56 Å². The molecule has 2 aliphatic rings. The topological polar surface area (TPSA) is 120 Å². The van der Waals surface area contributed by atoms with E-state index in [9.17, 15) is 14.4 Å². The van der Waals surface area contributed by atoms with Gasteiger partial charge in [0.05, 0.1) is 11.1 Å². The molecular formula is C24H24N4O4. The fourth-order valence-corrected chi connectivity index (χ4v) is 5.15. The zero-order valence-corrected chi connectivity index (χ0v) is 18.0. The Morgan fingerprint density at radius 1 is 1.06 bits per heavy atom. The van der Waals surface area contributed by atoms with Gasteiger partial charge >= 0.3 is 5.69 Å². The summed E-state index contributed by atoms with van der Waals surface area (Å²) in [5, 5.41) is 3.89. The number of carbonyl (C=O) groups excluding carboxylic acids is 1. The SMILES string of the molecule is Cc1cc(-n2nc(N)c(=O)[nH]c2=O)cc(C)c1Oc1ccc2c(c1)C1(CCCC1)C(=O)C2. The monoisotopic (exact) mass is 432 g/mol. The first kappa shape index (κ1) is 20.2. The molecule has 1 fully saturated rings. The Kier molecular flexibility index (Phi) is 4.54. The first-order valence-corrected chi connectivity index (χ1v) is 10.7. The van der Waals surface area contributed by atoms with Crippen LogP contribution in [0.5, 0.6) is 11.5 Å². The average molecular weight is 432 g/mol. The second kappa shape index (κ2) is 7.19. The highest BCUT2D eigenvalue weighted by Gasteiger charge is 2.47. The third-order valence-electron chi connectivity index (χ3n) is 6.70. The summed E-state index contributed by atoms with van der Waals surface area (Å²) < 4.78 is 7.33. The minimum absolute atomic E-state index is 0.284. The van der Waals surface area contributed by atoms with Crippen molar-refractivity contribution in [3.05, 3.63) is 73.4 Å². The van der Waals surface area contributed by atoms with Crippen molar-refractivity contribution in [2.75, 3.05) is 5.73 Å². The van der Waals surface area contributed by atoms with Crippen molar-refractivity contribution >= 4 is 11.6 Å². The van der Waals surface area contributed by atoms with Crippen LogP contribution in [0.2, 0.25) is 0 Å². The summed E-state index contributed by atoms with van der Waals surface area (Å²) >= 11 is 0. The van der Waals surface area contributed by atoms with E-state index >= 15 is 0 Å². The second-order valence-electron chi connectivity index (χ2n) is 8.78. The number of nitrogen functional groups attached to an aromatic ring is 1. The second-order valence-corrected chi connectivity index (χ2v) is 8.78. The predicted molar refractivity (Wildman–Crippen MR) is 120 cm³/mol. The fourth-order valence-electron chi connectivity index (χ4n) is 5.15. The molecular weight excluding hydrogens is 408 g/mol. The van der Waals surface area contributed by atoms with Crippen LogP contribution in [-0.4, -0.2) is 20.5 Å². The number of hydrogen-bond acceptors (Lipinski definition) is 6. The number of nitrogens with zero attached hydrogens (tertiary/aromatic N) is 2.